The molecule has 1 heterocycles. The van der Waals surface area contributed by atoms with Gasteiger partial charge in [0.1, 0.15) is 5.01 Å². The van der Waals surface area contributed by atoms with Gasteiger partial charge >= 0.3 is 0 Å². The van der Waals surface area contributed by atoms with Gasteiger partial charge in [-0.2, -0.15) is 0 Å². The Morgan fingerprint density at radius 1 is 1.28 bits per heavy atom. The molecule has 1 aromatic heterocycles. The zero-order valence-corrected chi connectivity index (χ0v) is 12.1. The topological polar surface area (TPSA) is 33.1 Å². The fraction of sp³-hybridized carbons (Fsp3) is 0.400. The van der Waals surface area contributed by atoms with Crippen molar-refractivity contribution < 1.29 is 5.11 Å². The Morgan fingerprint density at radius 2 is 2.00 bits per heavy atom. The van der Waals surface area contributed by atoms with Gasteiger partial charge in [-0.25, -0.2) is 4.98 Å². The van der Waals surface area contributed by atoms with Gasteiger partial charge in [0.2, 0.25) is 0 Å². The van der Waals surface area contributed by atoms with Crippen LogP contribution in [-0.2, 0) is 12.0 Å². The molecule has 0 aliphatic rings. The number of hydrogen-bond donors (Lipinski definition) is 1. The Bertz CT molecular complexity index is 552. The number of benzene rings is 1. The molecule has 96 valence electrons. The van der Waals surface area contributed by atoms with Gasteiger partial charge in [0, 0.05) is 10.9 Å². The Morgan fingerprint density at radius 3 is 2.56 bits per heavy atom. The number of aryl methyl sites for hydroxylation is 1. The molecule has 0 bridgehead atoms. The maximum absolute atomic E-state index is 9.10. The molecule has 2 aromatic rings. The van der Waals surface area contributed by atoms with Crippen molar-refractivity contribution in [2.24, 2.45) is 0 Å². The SMILES string of the molecule is Cc1ccc(C(C)(C)C)cc1-c1nc(CO)cs1. The molecular formula is C15H19NOS. The number of nitrogens with zero attached hydrogens (tertiary/aromatic N) is 1. The van der Waals surface area contributed by atoms with Crippen molar-refractivity contribution in [3.8, 4) is 10.6 Å². The van der Waals surface area contributed by atoms with Gasteiger partial charge in [-0.1, -0.05) is 32.9 Å². The molecule has 0 aliphatic heterocycles. The van der Waals surface area contributed by atoms with Crippen molar-refractivity contribution in [2.75, 3.05) is 0 Å². The third-order valence-corrected chi connectivity index (χ3v) is 3.97. The van der Waals surface area contributed by atoms with Crippen LogP contribution in [0.2, 0.25) is 0 Å². The summed E-state index contributed by atoms with van der Waals surface area (Å²) in [6, 6.07) is 6.55. The van der Waals surface area contributed by atoms with Gasteiger partial charge in [-0.05, 0) is 29.5 Å². The van der Waals surface area contributed by atoms with E-state index < -0.39 is 0 Å². The zero-order chi connectivity index (χ0) is 13.3. The van der Waals surface area contributed by atoms with Crippen molar-refractivity contribution in [2.45, 2.75) is 39.7 Å². The van der Waals surface area contributed by atoms with E-state index in [0.29, 0.717) is 0 Å². The molecule has 2 rings (SSSR count). The number of rotatable bonds is 2. The van der Waals surface area contributed by atoms with E-state index >= 15 is 0 Å². The maximum atomic E-state index is 9.10. The number of hydrogen-bond acceptors (Lipinski definition) is 3. The zero-order valence-electron chi connectivity index (χ0n) is 11.3. The minimum atomic E-state index is 0.00844. The first-order valence-corrected chi connectivity index (χ1v) is 6.96. The Labute approximate surface area is 112 Å². The third kappa shape index (κ3) is 2.62. The highest BCUT2D eigenvalue weighted by atomic mass is 32.1. The molecule has 0 saturated carbocycles. The predicted molar refractivity (Wildman–Crippen MR) is 76.9 cm³/mol. The smallest absolute Gasteiger partial charge is 0.123 e. The molecule has 0 unspecified atom stereocenters. The fourth-order valence-electron chi connectivity index (χ4n) is 1.82. The first-order valence-electron chi connectivity index (χ1n) is 6.08. The van der Waals surface area contributed by atoms with Crippen LogP contribution >= 0.6 is 11.3 Å². The molecule has 18 heavy (non-hydrogen) atoms. The first-order chi connectivity index (χ1) is 8.41. The van der Waals surface area contributed by atoms with Crippen LogP contribution in [0.5, 0.6) is 0 Å². The summed E-state index contributed by atoms with van der Waals surface area (Å²) in [5, 5.41) is 12.0. The molecule has 0 saturated heterocycles. The molecule has 0 fully saturated rings. The largest absolute Gasteiger partial charge is 0.390 e. The summed E-state index contributed by atoms with van der Waals surface area (Å²) < 4.78 is 0. The van der Waals surface area contributed by atoms with Gasteiger partial charge in [0.05, 0.1) is 12.3 Å². The minimum Gasteiger partial charge on any atom is -0.390 e. The van der Waals surface area contributed by atoms with E-state index in [2.05, 4.69) is 50.9 Å². The van der Waals surface area contributed by atoms with Crippen LogP contribution in [0.15, 0.2) is 23.6 Å². The summed E-state index contributed by atoms with van der Waals surface area (Å²) in [5.41, 5.74) is 4.59. The van der Waals surface area contributed by atoms with Crippen LogP contribution in [-0.4, -0.2) is 10.1 Å². The van der Waals surface area contributed by atoms with E-state index in [1.165, 1.54) is 16.7 Å². The molecule has 0 atom stereocenters. The van der Waals surface area contributed by atoms with Crippen LogP contribution in [0.25, 0.3) is 10.6 Å². The van der Waals surface area contributed by atoms with E-state index in [-0.39, 0.29) is 12.0 Å². The number of aliphatic hydroxyl groups is 1. The second kappa shape index (κ2) is 4.82. The highest BCUT2D eigenvalue weighted by Crippen LogP contribution is 2.31. The van der Waals surface area contributed by atoms with Crippen LogP contribution < -0.4 is 0 Å². The second-order valence-electron chi connectivity index (χ2n) is 5.58. The number of aromatic nitrogens is 1. The van der Waals surface area contributed by atoms with Gasteiger partial charge in [-0.3, -0.25) is 0 Å². The highest BCUT2D eigenvalue weighted by molar-refractivity contribution is 7.13. The standard InChI is InChI=1S/C15H19NOS/c1-10-5-6-11(15(2,3)4)7-13(10)14-16-12(8-17)9-18-14/h5-7,9,17H,8H2,1-4H3. The molecule has 0 radical (unpaired) electrons. The number of thiazole rings is 1. The average molecular weight is 261 g/mol. The van der Waals surface area contributed by atoms with Crippen molar-refractivity contribution in [3.63, 3.8) is 0 Å². The Kier molecular flexibility index (Phi) is 3.55. The van der Waals surface area contributed by atoms with Crippen LogP contribution in [0.3, 0.4) is 0 Å². The molecule has 0 aliphatic carbocycles. The van der Waals surface area contributed by atoms with Gasteiger partial charge in [0.25, 0.3) is 0 Å². The highest BCUT2D eigenvalue weighted by Gasteiger charge is 2.16. The quantitative estimate of drug-likeness (QED) is 0.889. The number of aliphatic hydroxyl groups excluding tert-OH is 1. The summed E-state index contributed by atoms with van der Waals surface area (Å²) in [6.07, 6.45) is 0. The van der Waals surface area contributed by atoms with E-state index in [1.54, 1.807) is 11.3 Å². The normalized spacial score (nSPS) is 11.8. The van der Waals surface area contributed by atoms with Crippen LogP contribution in [0, 0.1) is 6.92 Å². The molecule has 0 spiro atoms. The Hall–Kier alpha value is -1.19. The third-order valence-electron chi connectivity index (χ3n) is 3.05. The van der Waals surface area contributed by atoms with Gasteiger partial charge < -0.3 is 5.11 Å². The van der Waals surface area contributed by atoms with Gasteiger partial charge in [0.15, 0.2) is 0 Å². The first kappa shape index (κ1) is 13.2. The molecule has 1 N–H and O–H groups in total. The second-order valence-corrected chi connectivity index (χ2v) is 6.44. The minimum absolute atomic E-state index is 0.00844. The van der Waals surface area contributed by atoms with Crippen molar-refractivity contribution in [1.29, 1.82) is 0 Å². The summed E-state index contributed by atoms with van der Waals surface area (Å²) in [4.78, 5) is 4.45. The average Bonchev–Trinajstić information content (AvgIpc) is 2.76. The lowest BCUT2D eigenvalue weighted by Crippen LogP contribution is -2.11. The van der Waals surface area contributed by atoms with Crippen molar-refractivity contribution >= 4 is 11.3 Å². The molecular weight excluding hydrogens is 242 g/mol. The lowest BCUT2D eigenvalue weighted by Gasteiger charge is -2.20. The summed E-state index contributed by atoms with van der Waals surface area (Å²) in [5.74, 6) is 0. The summed E-state index contributed by atoms with van der Waals surface area (Å²) in [6.45, 7) is 8.74. The monoisotopic (exact) mass is 261 g/mol. The molecule has 0 amide bonds. The Balaban J connectivity index is 2.49. The lowest BCUT2D eigenvalue weighted by atomic mass is 9.85. The molecule has 1 aromatic carbocycles. The van der Waals surface area contributed by atoms with Crippen molar-refractivity contribution in [3.05, 3.63) is 40.4 Å². The van der Waals surface area contributed by atoms with E-state index in [9.17, 15) is 0 Å². The molecule has 2 nitrogen and oxygen atoms in total. The maximum Gasteiger partial charge on any atom is 0.123 e. The van der Waals surface area contributed by atoms with Crippen molar-refractivity contribution in [1.82, 2.24) is 4.98 Å². The van der Waals surface area contributed by atoms with E-state index in [1.807, 2.05) is 5.38 Å². The van der Waals surface area contributed by atoms with E-state index in [4.69, 9.17) is 5.11 Å². The summed E-state index contributed by atoms with van der Waals surface area (Å²) in [7, 11) is 0. The van der Waals surface area contributed by atoms with Crippen LogP contribution in [0.4, 0.5) is 0 Å². The predicted octanol–water partition coefficient (Wildman–Crippen LogP) is 3.91. The summed E-state index contributed by atoms with van der Waals surface area (Å²) >= 11 is 1.59. The van der Waals surface area contributed by atoms with E-state index in [0.717, 1.165) is 10.7 Å². The van der Waals surface area contributed by atoms with Crippen LogP contribution in [0.1, 0.15) is 37.6 Å². The fourth-order valence-corrected chi connectivity index (χ4v) is 2.71. The van der Waals surface area contributed by atoms with Gasteiger partial charge in [-0.15, -0.1) is 11.3 Å². The molecule has 3 heteroatoms. The lowest BCUT2D eigenvalue weighted by molar-refractivity contribution is 0.278.